The molecule has 144 valence electrons. The molecule has 8 nitrogen and oxygen atoms in total. The van der Waals surface area contributed by atoms with Crippen LogP contribution in [-0.4, -0.2) is 55.1 Å². The number of tetrazole rings is 1. The van der Waals surface area contributed by atoms with Crippen LogP contribution in [0.2, 0.25) is 0 Å². The van der Waals surface area contributed by atoms with Crippen LogP contribution in [0.15, 0.2) is 48.9 Å². The Bertz CT molecular complexity index is 919. The van der Waals surface area contributed by atoms with E-state index in [4.69, 9.17) is 0 Å². The highest BCUT2D eigenvalue weighted by Crippen LogP contribution is 2.16. The maximum absolute atomic E-state index is 12.7. The van der Waals surface area contributed by atoms with Gasteiger partial charge >= 0.3 is 0 Å². The highest BCUT2D eigenvalue weighted by atomic mass is 16.1. The Kier molecular flexibility index (Phi) is 5.38. The molecule has 1 aliphatic rings. The summed E-state index contributed by atoms with van der Waals surface area (Å²) >= 11 is 0. The fourth-order valence-electron chi connectivity index (χ4n) is 3.55. The molecule has 0 radical (unpaired) electrons. The highest BCUT2D eigenvalue weighted by Gasteiger charge is 2.21. The minimum Gasteiger partial charge on any atom is -0.349 e. The molecule has 0 atom stereocenters. The zero-order valence-electron chi connectivity index (χ0n) is 15.8. The Morgan fingerprint density at radius 2 is 2.07 bits per heavy atom. The number of carbonyl (C=O) groups is 1. The summed E-state index contributed by atoms with van der Waals surface area (Å²) in [5, 5.41) is 14.4. The van der Waals surface area contributed by atoms with E-state index in [9.17, 15) is 4.79 Å². The number of rotatable bonds is 5. The largest absolute Gasteiger partial charge is 0.349 e. The third-order valence-corrected chi connectivity index (χ3v) is 5.09. The van der Waals surface area contributed by atoms with E-state index >= 15 is 0 Å². The first-order chi connectivity index (χ1) is 13.7. The lowest BCUT2D eigenvalue weighted by Gasteiger charge is -2.32. The third-order valence-electron chi connectivity index (χ3n) is 5.09. The van der Waals surface area contributed by atoms with E-state index < -0.39 is 0 Å². The summed E-state index contributed by atoms with van der Waals surface area (Å²) in [4.78, 5) is 19.4. The molecule has 2 aromatic heterocycles. The van der Waals surface area contributed by atoms with Crippen LogP contribution < -0.4 is 5.32 Å². The van der Waals surface area contributed by atoms with Crippen molar-refractivity contribution in [3.63, 3.8) is 0 Å². The number of aromatic nitrogens is 5. The van der Waals surface area contributed by atoms with Gasteiger partial charge in [0.15, 0.2) is 0 Å². The molecule has 0 bridgehead atoms. The van der Waals surface area contributed by atoms with Crippen LogP contribution in [0, 0.1) is 6.92 Å². The second-order valence-electron chi connectivity index (χ2n) is 7.10. The molecule has 28 heavy (non-hydrogen) atoms. The highest BCUT2D eigenvalue weighted by molar-refractivity contribution is 5.94. The molecule has 1 aromatic carbocycles. The fourth-order valence-corrected chi connectivity index (χ4v) is 3.55. The number of benzene rings is 1. The summed E-state index contributed by atoms with van der Waals surface area (Å²) in [5.74, 6) is -0.0328. The number of carbonyl (C=O) groups excluding carboxylic acids is 1. The van der Waals surface area contributed by atoms with Crippen molar-refractivity contribution in [2.75, 3.05) is 13.1 Å². The van der Waals surface area contributed by atoms with E-state index in [1.54, 1.807) is 11.0 Å². The summed E-state index contributed by atoms with van der Waals surface area (Å²) in [6.07, 6.45) is 5.26. The quantitative estimate of drug-likeness (QED) is 0.729. The lowest BCUT2D eigenvalue weighted by Crippen LogP contribution is -2.44. The van der Waals surface area contributed by atoms with Crippen molar-refractivity contribution in [3.05, 3.63) is 65.7 Å². The number of likely N-dealkylation sites (tertiary alicyclic amines) is 1. The van der Waals surface area contributed by atoms with Crippen molar-refractivity contribution in [2.45, 2.75) is 32.4 Å². The minimum absolute atomic E-state index is 0.0328. The van der Waals surface area contributed by atoms with Gasteiger partial charge in [0.1, 0.15) is 6.33 Å². The Morgan fingerprint density at radius 1 is 1.21 bits per heavy atom. The third kappa shape index (κ3) is 4.23. The van der Waals surface area contributed by atoms with Crippen molar-refractivity contribution >= 4 is 5.91 Å². The molecule has 1 N–H and O–H groups in total. The topological polar surface area (TPSA) is 88.8 Å². The second-order valence-corrected chi connectivity index (χ2v) is 7.10. The molecular formula is C20H23N7O. The lowest BCUT2D eigenvalue weighted by atomic mass is 10.0. The number of nitrogens with zero attached hydrogens (tertiary/aromatic N) is 6. The van der Waals surface area contributed by atoms with Crippen LogP contribution in [0.1, 0.15) is 34.5 Å². The number of hydrogen-bond acceptors (Lipinski definition) is 6. The smallest absolute Gasteiger partial charge is 0.251 e. The second kappa shape index (κ2) is 8.26. The van der Waals surface area contributed by atoms with Gasteiger partial charge < -0.3 is 5.32 Å². The molecule has 3 heterocycles. The zero-order valence-corrected chi connectivity index (χ0v) is 15.8. The molecule has 1 saturated heterocycles. The number of amides is 1. The summed E-state index contributed by atoms with van der Waals surface area (Å²) < 4.78 is 1.59. The van der Waals surface area contributed by atoms with Gasteiger partial charge in [-0.15, -0.1) is 5.10 Å². The molecule has 0 unspecified atom stereocenters. The zero-order chi connectivity index (χ0) is 19.3. The first-order valence-corrected chi connectivity index (χ1v) is 9.46. The Hall–Kier alpha value is -3.13. The number of piperidine rings is 1. The van der Waals surface area contributed by atoms with Gasteiger partial charge in [-0.1, -0.05) is 6.07 Å². The molecular weight excluding hydrogens is 354 g/mol. The van der Waals surface area contributed by atoms with Crippen LogP contribution >= 0.6 is 0 Å². The van der Waals surface area contributed by atoms with Crippen molar-refractivity contribution in [1.29, 1.82) is 0 Å². The summed E-state index contributed by atoms with van der Waals surface area (Å²) in [6, 6.07) is 11.8. The SMILES string of the molecule is Cc1cc(C(=O)NC2CCN(Cc3ccccn3)CC2)ccc1-n1cnnn1. The van der Waals surface area contributed by atoms with Gasteiger partial charge in [-0.2, -0.15) is 0 Å². The van der Waals surface area contributed by atoms with Crippen LogP contribution in [0.3, 0.4) is 0 Å². The Labute approximate surface area is 163 Å². The van der Waals surface area contributed by atoms with E-state index in [2.05, 4.69) is 36.8 Å². The van der Waals surface area contributed by atoms with E-state index in [1.807, 2.05) is 43.5 Å². The molecule has 1 amide bonds. The van der Waals surface area contributed by atoms with Gasteiger partial charge in [0.25, 0.3) is 5.91 Å². The van der Waals surface area contributed by atoms with Crippen LogP contribution in [0.5, 0.6) is 0 Å². The molecule has 0 saturated carbocycles. The van der Waals surface area contributed by atoms with Crippen molar-refractivity contribution in [1.82, 2.24) is 35.4 Å². The predicted molar refractivity (Wildman–Crippen MR) is 104 cm³/mol. The molecule has 8 heteroatoms. The van der Waals surface area contributed by atoms with Crippen molar-refractivity contribution in [2.24, 2.45) is 0 Å². The van der Waals surface area contributed by atoms with Crippen LogP contribution in [0.25, 0.3) is 5.69 Å². The molecule has 0 spiro atoms. The first kappa shape index (κ1) is 18.2. The van der Waals surface area contributed by atoms with Gasteiger partial charge in [0.05, 0.1) is 11.4 Å². The van der Waals surface area contributed by atoms with Crippen molar-refractivity contribution < 1.29 is 4.79 Å². The molecule has 4 rings (SSSR count). The molecule has 0 aliphatic carbocycles. The molecule has 1 aliphatic heterocycles. The van der Waals surface area contributed by atoms with E-state index in [0.29, 0.717) is 5.56 Å². The maximum atomic E-state index is 12.7. The van der Waals surface area contributed by atoms with Gasteiger partial charge in [-0.05, 0) is 66.1 Å². The van der Waals surface area contributed by atoms with E-state index in [-0.39, 0.29) is 11.9 Å². The van der Waals surface area contributed by atoms with Gasteiger partial charge in [0, 0.05) is 37.4 Å². The summed E-state index contributed by atoms with van der Waals surface area (Å²) in [7, 11) is 0. The molecule has 1 fully saturated rings. The lowest BCUT2D eigenvalue weighted by molar-refractivity contribution is 0.0908. The maximum Gasteiger partial charge on any atom is 0.251 e. The summed E-state index contributed by atoms with van der Waals surface area (Å²) in [5.41, 5.74) is 3.56. The summed E-state index contributed by atoms with van der Waals surface area (Å²) in [6.45, 7) is 4.72. The van der Waals surface area contributed by atoms with Crippen molar-refractivity contribution in [3.8, 4) is 5.69 Å². The molecule has 3 aromatic rings. The average molecular weight is 377 g/mol. The average Bonchev–Trinajstić information content (AvgIpc) is 3.25. The Morgan fingerprint density at radius 3 is 2.75 bits per heavy atom. The van der Waals surface area contributed by atoms with Gasteiger partial charge in [-0.25, -0.2) is 4.68 Å². The fraction of sp³-hybridized carbons (Fsp3) is 0.350. The van der Waals surface area contributed by atoms with Gasteiger partial charge in [-0.3, -0.25) is 14.7 Å². The first-order valence-electron chi connectivity index (χ1n) is 9.46. The monoisotopic (exact) mass is 377 g/mol. The minimum atomic E-state index is -0.0328. The van der Waals surface area contributed by atoms with Crippen LogP contribution in [0.4, 0.5) is 0 Å². The van der Waals surface area contributed by atoms with Gasteiger partial charge in [0.2, 0.25) is 0 Å². The number of nitrogens with one attached hydrogen (secondary N) is 1. The number of hydrogen-bond donors (Lipinski definition) is 1. The standard InChI is InChI=1S/C20H23N7O/c1-15-12-16(5-6-19(15)27-14-22-24-25-27)20(28)23-17-7-10-26(11-8-17)13-18-4-2-3-9-21-18/h2-6,9,12,14,17H,7-8,10-11,13H2,1H3,(H,23,28). The number of aryl methyl sites for hydroxylation is 1. The van der Waals surface area contributed by atoms with Crippen LogP contribution in [-0.2, 0) is 6.54 Å². The van der Waals surface area contributed by atoms with E-state index in [0.717, 1.165) is 49.4 Å². The van der Waals surface area contributed by atoms with E-state index in [1.165, 1.54) is 0 Å². The predicted octanol–water partition coefficient (Wildman–Crippen LogP) is 1.76. The normalized spacial score (nSPS) is 15.5. The Balaban J connectivity index is 1.31. The number of pyridine rings is 1.